The number of anilines is 4. The van der Waals surface area contributed by atoms with E-state index in [4.69, 9.17) is 28.7 Å². The number of amides is 1. The van der Waals surface area contributed by atoms with E-state index in [2.05, 4.69) is 77.7 Å². The number of aromatic nitrogens is 4. The average molecular weight is 786 g/mol. The van der Waals surface area contributed by atoms with Crippen molar-refractivity contribution in [2.24, 2.45) is 11.8 Å². The first-order valence-electron chi connectivity index (χ1n) is 20.0. The van der Waals surface area contributed by atoms with Crippen LogP contribution in [0.25, 0.3) is 11.3 Å². The van der Waals surface area contributed by atoms with Crippen LogP contribution in [0.3, 0.4) is 0 Å². The van der Waals surface area contributed by atoms with E-state index >= 15 is 0 Å². The third kappa shape index (κ3) is 8.31. The third-order valence-corrected chi connectivity index (χ3v) is 16.6. The van der Waals surface area contributed by atoms with Crippen LogP contribution < -0.4 is 15.1 Å². The minimum absolute atomic E-state index is 0.000697. The van der Waals surface area contributed by atoms with Crippen molar-refractivity contribution < 1.29 is 23.4 Å². The van der Waals surface area contributed by atoms with Crippen LogP contribution >= 0.6 is 0 Å². The second-order valence-corrected chi connectivity index (χ2v) is 23.4. The van der Waals surface area contributed by atoms with Gasteiger partial charge in [-0.3, -0.25) is 4.90 Å². The Bertz CT molecular complexity index is 1950. The summed E-state index contributed by atoms with van der Waals surface area (Å²) in [7, 11) is -2.16. The molecule has 0 radical (unpaired) electrons. The first-order valence-corrected chi connectivity index (χ1v) is 22.9. The van der Waals surface area contributed by atoms with Crippen LogP contribution in [0.15, 0.2) is 30.6 Å². The quantitative estimate of drug-likeness (QED) is 0.227. The van der Waals surface area contributed by atoms with Gasteiger partial charge in [0.1, 0.15) is 17.4 Å². The van der Waals surface area contributed by atoms with Gasteiger partial charge in [-0.15, -0.1) is 0 Å². The summed E-state index contributed by atoms with van der Waals surface area (Å²) in [5.41, 5.74) is 2.70. The zero-order valence-corrected chi connectivity index (χ0v) is 35.6. The van der Waals surface area contributed by atoms with Gasteiger partial charge in [0.2, 0.25) is 5.95 Å². The molecule has 1 aromatic carbocycles. The minimum atomic E-state index is -2.16. The summed E-state index contributed by atoms with van der Waals surface area (Å²) in [6.45, 7) is 27.9. The fourth-order valence-corrected chi connectivity index (χ4v) is 9.04. The number of nitrogens with zero attached hydrogens (tertiary/aromatic N) is 8. The molecule has 14 nitrogen and oxygen atoms in total. The van der Waals surface area contributed by atoms with Crippen LogP contribution in [-0.4, -0.2) is 117 Å². The number of carbonyl (C=O) groups is 1. The van der Waals surface area contributed by atoms with Crippen LogP contribution in [0.1, 0.15) is 59.6 Å². The lowest BCUT2D eigenvalue weighted by Crippen LogP contribution is -2.46. The molecule has 6 heterocycles. The lowest BCUT2D eigenvalue weighted by molar-refractivity contribution is 0.0575. The molecule has 0 saturated carbocycles. The van der Waals surface area contributed by atoms with Crippen molar-refractivity contribution in [2.45, 2.75) is 84.2 Å². The van der Waals surface area contributed by atoms with E-state index in [0.29, 0.717) is 61.1 Å². The summed E-state index contributed by atoms with van der Waals surface area (Å²) in [4.78, 5) is 29.8. The molecule has 3 saturated heterocycles. The normalized spacial score (nSPS) is 22.9. The summed E-state index contributed by atoms with van der Waals surface area (Å²) in [6.07, 6.45) is 3.10. The second-order valence-electron chi connectivity index (χ2n) is 18.6. The number of benzene rings is 1. The van der Waals surface area contributed by atoms with Crippen molar-refractivity contribution in [1.29, 1.82) is 5.26 Å². The van der Waals surface area contributed by atoms with E-state index in [0.717, 1.165) is 75.1 Å². The van der Waals surface area contributed by atoms with E-state index in [-0.39, 0.29) is 5.04 Å². The maximum absolute atomic E-state index is 13.7. The number of hydrogen-bond donors (Lipinski definition) is 1. The van der Waals surface area contributed by atoms with Crippen LogP contribution in [0.2, 0.25) is 18.1 Å². The minimum Gasteiger partial charge on any atom is -0.443 e. The smallest absolute Gasteiger partial charge is 0.414 e. The number of nitriles is 1. The van der Waals surface area contributed by atoms with Crippen molar-refractivity contribution in [3.8, 4) is 17.3 Å². The Labute approximate surface area is 332 Å². The number of morpholine rings is 1. The third-order valence-electron chi connectivity index (χ3n) is 12.1. The lowest BCUT2D eigenvalue weighted by Gasteiger charge is -2.39. The van der Waals surface area contributed by atoms with Gasteiger partial charge in [-0.05, 0) is 62.7 Å². The van der Waals surface area contributed by atoms with Gasteiger partial charge in [-0.25, -0.2) is 19.4 Å². The number of nitrogens with one attached hydrogen (secondary N) is 1. The largest absolute Gasteiger partial charge is 0.443 e. The molecule has 302 valence electrons. The molecule has 0 bridgehead atoms. The van der Waals surface area contributed by atoms with Crippen molar-refractivity contribution in [1.82, 2.24) is 24.6 Å². The van der Waals surface area contributed by atoms with Crippen LogP contribution in [0.4, 0.5) is 27.9 Å². The Morgan fingerprint density at radius 3 is 2.45 bits per heavy atom. The molecule has 7 rings (SSSR count). The fourth-order valence-electron chi connectivity index (χ4n) is 7.93. The molecule has 1 amide bonds. The molecule has 0 spiro atoms. The van der Waals surface area contributed by atoms with Crippen LogP contribution in [-0.2, 0) is 30.6 Å². The fraction of sp³-hybridized carbons (Fsp3) is 0.634. The Kier molecular flexibility index (Phi) is 11.0. The summed E-state index contributed by atoms with van der Waals surface area (Å²) in [5.74, 6) is 2.68. The highest BCUT2D eigenvalue weighted by Gasteiger charge is 2.47. The zero-order chi connectivity index (χ0) is 40.0. The molecule has 1 N–H and O–H groups in total. The number of carbonyl (C=O) groups excluding carboxylic acids is 1. The number of rotatable bonds is 10. The standard InChI is InChI=1S/C41H59N9O5Si/c1-39(2,3)55-38(51)49-26-41(7,27-54-56(8,9)40(4,5)6)32-19-28(18-29(20-42)35(32)49)33-10-11-43-37(45-33)46-34-21-44-50(36(34)48-14-16-52-17-15-48)13-12-47-22-30-24-53-25-31(30)23-47/h10-11,18-19,21,30-31H,12-17,22-27H2,1-9H3,(H,43,45,46)/t30?,31?,41-/m1/s1. The number of ether oxygens (including phenoxy) is 3. The predicted octanol–water partition coefficient (Wildman–Crippen LogP) is 6.40. The van der Waals surface area contributed by atoms with Gasteiger partial charge in [0.05, 0.1) is 56.1 Å². The van der Waals surface area contributed by atoms with Crippen LogP contribution in [0.5, 0.6) is 0 Å². The van der Waals surface area contributed by atoms with Gasteiger partial charge in [-0.2, -0.15) is 10.4 Å². The first-order chi connectivity index (χ1) is 26.4. The molecule has 15 heteroatoms. The molecule has 3 atom stereocenters. The average Bonchev–Trinajstić information content (AvgIpc) is 3.92. The Morgan fingerprint density at radius 2 is 1.79 bits per heavy atom. The summed E-state index contributed by atoms with van der Waals surface area (Å²) in [6, 6.07) is 8.09. The van der Waals surface area contributed by atoms with Crippen molar-refractivity contribution in [3.63, 3.8) is 0 Å². The molecule has 2 unspecified atom stereocenters. The molecule has 2 aromatic heterocycles. The highest BCUT2D eigenvalue weighted by atomic mass is 28.4. The monoisotopic (exact) mass is 785 g/mol. The van der Waals surface area contributed by atoms with Crippen molar-refractivity contribution >= 4 is 37.6 Å². The van der Waals surface area contributed by atoms with E-state index < -0.39 is 25.4 Å². The summed E-state index contributed by atoms with van der Waals surface area (Å²) in [5, 5.41) is 18.9. The number of hydrogen-bond acceptors (Lipinski definition) is 12. The Morgan fingerprint density at radius 1 is 1.07 bits per heavy atom. The van der Waals surface area contributed by atoms with Crippen molar-refractivity contribution in [2.75, 3.05) is 87.4 Å². The van der Waals surface area contributed by atoms with E-state index in [9.17, 15) is 10.1 Å². The zero-order valence-electron chi connectivity index (χ0n) is 34.6. The van der Waals surface area contributed by atoms with Gasteiger partial charge in [0, 0.05) is 74.9 Å². The van der Waals surface area contributed by atoms with Gasteiger partial charge in [-0.1, -0.05) is 27.7 Å². The molecule has 4 aliphatic heterocycles. The molecule has 56 heavy (non-hydrogen) atoms. The van der Waals surface area contributed by atoms with Gasteiger partial charge < -0.3 is 33.8 Å². The lowest BCUT2D eigenvalue weighted by atomic mass is 9.83. The highest BCUT2D eigenvalue weighted by Crippen LogP contribution is 2.47. The maximum Gasteiger partial charge on any atom is 0.414 e. The molecular formula is C41H59N9O5Si. The summed E-state index contributed by atoms with van der Waals surface area (Å²) < 4.78 is 26.2. The second kappa shape index (κ2) is 15.4. The van der Waals surface area contributed by atoms with Gasteiger partial charge in [0.25, 0.3) is 0 Å². The Balaban J connectivity index is 1.19. The SMILES string of the molecule is CC(C)(C)OC(=O)N1C[C@](C)(CO[Si](C)(C)C(C)(C)C)c2cc(-c3ccnc(Nc4cnn(CCN5CC6COCC6C5)c4N4CCOCC4)n3)cc(C#N)c21. The topological polar surface area (TPSA) is 143 Å². The molecule has 3 fully saturated rings. The van der Waals surface area contributed by atoms with Gasteiger partial charge >= 0.3 is 6.09 Å². The van der Waals surface area contributed by atoms with Crippen molar-refractivity contribution in [3.05, 3.63) is 41.7 Å². The molecule has 0 aliphatic carbocycles. The van der Waals surface area contributed by atoms with E-state index in [1.807, 2.05) is 33.0 Å². The number of likely N-dealkylation sites (tertiary alicyclic amines) is 1. The first kappa shape index (κ1) is 40.1. The van der Waals surface area contributed by atoms with E-state index in [1.54, 1.807) is 17.2 Å². The molecular weight excluding hydrogens is 727 g/mol. The summed E-state index contributed by atoms with van der Waals surface area (Å²) >= 11 is 0. The Hall–Kier alpha value is -4.07. The molecule has 4 aliphatic rings. The number of fused-ring (bicyclic) bond motifs is 2. The van der Waals surface area contributed by atoms with E-state index in [1.165, 1.54) is 0 Å². The van der Waals surface area contributed by atoms with Crippen LogP contribution in [0, 0.1) is 23.2 Å². The van der Waals surface area contributed by atoms with Gasteiger partial charge in [0.15, 0.2) is 14.1 Å². The highest BCUT2D eigenvalue weighted by molar-refractivity contribution is 6.74. The molecule has 3 aromatic rings. The maximum atomic E-state index is 13.7. The predicted molar refractivity (Wildman–Crippen MR) is 219 cm³/mol.